The fourth-order valence-electron chi connectivity index (χ4n) is 1.94. The highest BCUT2D eigenvalue weighted by Gasteiger charge is 2.03. The van der Waals surface area contributed by atoms with Gasteiger partial charge in [-0.3, -0.25) is 0 Å². The molecule has 0 radical (unpaired) electrons. The fourth-order valence-corrected chi connectivity index (χ4v) is 1.94. The Balaban J connectivity index is 2.33. The van der Waals surface area contributed by atoms with E-state index in [2.05, 4.69) is 19.1 Å². The lowest BCUT2D eigenvalue weighted by Crippen LogP contribution is -1.91. The number of hydrogen-bond donors (Lipinski definition) is 1. The number of benzene rings is 2. The van der Waals surface area contributed by atoms with Crippen LogP contribution in [0.5, 0.6) is 0 Å². The van der Waals surface area contributed by atoms with E-state index in [0.29, 0.717) is 5.69 Å². The molecule has 0 fully saturated rings. The number of rotatable bonds is 3. The van der Waals surface area contributed by atoms with E-state index in [4.69, 9.17) is 5.73 Å². The second-order valence-electron chi connectivity index (χ2n) is 4.18. The SMILES string of the molecule is CCCc1ccc(-c2ccc(F)cc2N)cc1. The van der Waals surface area contributed by atoms with E-state index in [-0.39, 0.29) is 5.82 Å². The Hall–Kier alpha value is -1.83. The summed E-state index contributed by atoms with van der Waals surface area (Å²) in [6.45, 7) is 2.16. The van der Waals surface area contributed by atoms with Gasteiger partial charge in [-0.1, -0.05) is 37.6 Å². The molecule has 0 saturated heterocycles. The van der Waals surface area contributed by atoms with Gasteiger partial charge in [-0.15, -0.1) is 0 Å². The molecule has 0 aliphatic rings. The maximum atomic E-state index is 12.9. The van der Waals surface area contributed by atoms with Crippen molar-refractivity contribution in [2.45, 2.75) is 19.8 Å². The van der Waals surface area contributed by atoms with E-state index >= 15 is 0 Å². The van der Waals surface area contributed by atoms with Gasteiger partial charge in [0.25, 0.3) is 0 Å². The van der Waals surface area contributed by atoms with Crippen LogP contribution in [0.4, 0.5) is 10.1 Å². The number of nitrogen functional groups attached to an aromatic ring is 1. The third kappa shape index (κ3) is 2.64. The zero-order chi connectivity index (χ0) is 12.3. The van der Waals surface area contributed by atoms with E-state index < -0.39 is 0 Å². The van der Waals surface area contributed by atoms with Gasteiger partial charge in [0.15, 0.2) is 0 Å². The summed E-state index contributed by atoms with van der Waals surface area (Å²) in [5, 5.41) is 0. The van der Waals surface area contributed by atoms with Gasteiger partial charge in [-0.2, -0.15) is 0 Å². The normalized spacial score (nSPS) is 10.5. The summed E-state index contributed by atoms with van der Waals surface area (Å²) < 4.78 is 12.9. The molecule has 0 heterocycles. The van der Waals surface area contributed by atoms with Crippen LogP contribution < -0.4 is 5.73 Å². The summed E-state index contributed by atoms with van der Waals surface area (Å²) in [6, 6.07) is 12.8. The molecule has 2 N–H and O–H groups in total. The molecule has 0 atom stereocenters. The smallest absolute Gasteiger partial charge is 0.125 e. The van der Waals surface area contributed by atoms with Gasteiger partial charge in [0.2, 0.25) is 0 Å². The Morgan fingerprint density at radius 2 is 1.76 bits per heavy atom. The van der Waals surface area contributed by atoms with Crippen LogP contribution in [-0.2, 0) is 6.42 Å². The first-order valence-electron chi connectivity index (χ1n) is 5.85. The van der Waals surface area contributed by atoms with Crippen molar-refractivity contribution in [1.29, 1.82) is 0 Å². The largest absolute Gasteiger partial charge is 0.398 e. The standard InChI is InChI=1S/C15H16FN/c1-2-3-11-4-6-12(7-5-11)14-9-8-13(16)10-15(14)17/h4-10H,2-3,17H2,1H3. The van der Waals surface area contributed by atoms with Gasteiger partial charge in [-0.05, 0) is 35.7 Å². The Labute approximate surface area is 101 Å². The van der Waals surface area contributed by atoms with E-state index in [1.54, 1.807) is 6.07 Å². The highest BCUT2D eigenvalue weighted by molar-refractivity contribution is 5.76. The summed E-state index contributed by atoms with van der Waals surface area (Å²) in [5.74, 6) is -0.297. The zero-order valence-electron chi connectivity index (χ0n) is 9.91. The molecule has 0 bridgehead atoms. The van der Waals surface area contributed by atoms with Crippen molar-refractivity contribution in [3.8, 4) is 11.1 Å². The predicted octanol–water partition coefficient (Wildman–Crippen LogP) is 4.03. The van der Waals surface area contributed by atoms with Gasteiger partial charge < -0.3 is 5.73 Å². The van der Waals surface area contributed by atoms with E-state index in [9.17, 15) is 4.39 Å². The lowest BCUT2D eigenvalue weighted by atomic mass is 10.0. The third-order valence-electron chi connectivity index (χ3n) is 2.82. The number of halogens is 1. The average Bonchev–Trinajstić information content (AvgIpc) is 2.31. The van der Waals surface area contributed by atoms with Crippen molar-refractivity contribution in [2.24, 2.45) is 0 Å². The Bertz CT molecular complexity index is 503. The summed E-state index contributed by atoms with van der Waals surface area (Å²) in [4.78, 5) is 0. The molecular formula is C15H16FN. The van der Waals surface area contributed by atoms with Crippen molar-refractivity contribution in [3.63, 3.8) is 0 Å². The highest BCUT2D eigenvalue weighted by Crippen LogP contribution is 2.26. The molecule has 2 rings (SSSR count). The van der Waals surface area contributed by atoms with Crippen LogP contribution in [0.2, 0.25) is 0 Å². The monoisotopic (exact) mass is 229 g/mol. The van der Waals surface area contributed by atoms with Crippen molar-refractivity contribution in [1.82, 2.24) is 0 Å². The molecule has 0 unspecified atom stereocenters. The Kier molecular flexibility index (Phi) is 3.43. The topological polar surface area (TPSA) is 26.0 Å². The van der Waals surface area contributed by atoms with E-state index in [1.165, 1.54) is 17.7 Å². The molecule has 1 nitrogen and oxygen atoms in total. The first-order valence-corrected chi connectivity index (χ1v) is 5.85. The van der Waals surface area contributed by atoms with Crippen LogP contribution in [-0.4, -0.2) is 0 Å². The third-order valence-corrected chi connectivity index (χ3v) is 2.82. The minimum Gasteiger partial charge on any atom is -0.398 e. The quantitative estimate of drug-likeness (QED) is 0.790. The summed E-state index contributed by atoms with van der Waals surface area (Å²) in [6.07, 6.45) is 2.22. The van der Waals surface area contributed by atoms with Crippen LogP contribution in [0.3, 0.4) is 0 Å². The van der Waals surface area contributed by atoms with Crippen LogP contribution in [0.15, 0.2) is 42.5 Å². The average molecular weight is 229 g/mol. The van der Waals surface area contributed by atoms with Crippen LogP contribution in [0.1, 0.15) is 18.9 Å². The Morgan fingerprint density at radius 1 is 1.06 bits per heavy atom. The molecule has 0 aliphatic heterocycles. The lowest BCUT2D eigenvalue weighted by Gasteiger charge is -2.07. The second kappa shape index (κ2) is 5.00. The maximum Gasteiger partial charge on any atom is 0.125 e. The summed E-state index contributed by atoms with van der Waals surface area (Å²) in [7, 11) is 0. The Morgan fingerprint density at radius 3 is 2.35 bits per heavy atom. The van der Waals surface area contributed by atoms with Crippen molar-refractivity contribution in [2.75, 3.05) is 5.73 Å². The van der Waals surface area contributed by atoms with Crippen molar-refractivity contribution in [3.05, 3.63) is 53.8 Å². The summed E-state index contributed by atoms with van der Waals surface area (Å²) in [5.41, 5.74) is 9.52. The molecule has 2 aromatic rings. The van der Waals surface area contributed by atoms with Crippen LogP contribution >= 0.6 is 0 Å². The first kappa shape index (κ1) is 11.6. The minimum absolute atomic E-state index is 0.297. The maximum absolute atomic E-state index is 12.9. The number of nitrogens with two attached hydrogens (primary N) is 1. The van der Waals surface area contributed by atoms with Gasteiger partial charge in [0, 0.05) is 11.3 Å². The molecule has 17 heavy (non-hydrogen) atoms. The predicted molar refractivity (Wildman–Crippen MR) is 70.2 cm³/mol. The second-order valence-corrected chi connectivity index (χ2v) is 4.18. The summed E-state index contributed by atoms with van der Waals surface area (Å²) >= 11 is 0. The van der Waals surface area contributed by atoms with Gasteiger partial charge in [0.1, 0.15) is 5.82 Å². The molecule has 0 aromatic heterocycles. The van der Waals surface area contributed by atoms with Crippen LogP contribution in [0.25, 0.3) is 11.1 Å². The van der Waals surface area contributed by atoms with Gasteiger partial charge in [-0.25, -0.2) is 4.39 Å². The molecule has 2 heteroatoms. The fraction of sp³-hybridized carbons (Fsp3) is 0.200. The minimum atomic E-state index is -0.297. The molecule has 0 aliphatic carbocycles. The number of anilines is 1. The van der Waals surface area contributed by atoms with Gasteiger partial charge in [0.05, 0.1) is 0 Å². The molecule has 2 aromatic carbocycles. The van der Waals surface area contributed by atoms with E-state index in [1.807, 2.05) is 12.1 Å². The molecule has 0 spiro atoms. The number of aryl methyl sites for hydroxylation is 1. The first-order chi connectivity index (χ1) is 8.20. The molecule has 0 amide bonds. The van der Waals surface area contributed by atoms with Crippen molar-refractivity contribution < 1.29 is 4.39 Å². The molecule has 88 valence electrons. The lowest BCUT2D eigenvalue weighted by molar-refractivity contribution is 0.628. The van der Waals surface area contributed by atoms with Gasteiger partial charge >= 0.3 is 0 Å². The zero-order valence-corrected chi connectivity index (χ0v) is 9.91. The van der Waals surface area contributed by atoms with E-state index in [0.717, 1.165) is 24.0 Å². The number of hydrogen-bond acceptors (Lipinski definition) is 1. The highest BCUT2D eigenvalue weighted by atomic mass is 19.1. The molecule has 0 saturated carbocycles. The van der Waals surface area contributed by atoms with Crippen molar-refractivity contribution >= 4 is 5.69 Å². The van der Waals surface area contributed by atoms with Crippen LogP contribution in [0, 0.1) is 5.82 Å². The molecular weight excluding hydrogens is 213 g/mol.